The lowest BCUT2D eigenvalue weighted by Crippen LogP contribution is -2.57. The second-order valence-electron chi connectivity index (χ2n) is 12.8. The van der Waals surface area contributed by atoms with Crippen molar-refractivity contribution in [1.82, 2.24) is 9.80 Å². The fourth-order valence-electron chi connectivity index (χ4n) is 7.77. The summed E-state index contributed by atoms with van der Waals surface area (Å²) in [4.78, 5) is 31.8. The third-order valence-electron chi connectivity index (χ3n) is 10.5. The minimum Gasteiger partial charge on any atom is -0.493 e. The number of hydrogen-bond acceptors (Lipinski definition) is 6. The molecule has 0 aromatic heterocycles. The Balaban J connectivity index is 1.28. The van der Waals surface area contributed by atoms with E-state index in [4.69, 9.17) is 43.1 Å². The Morgan fingerprint density at radius 2 is 1.56 bits per heavy atom. The van der Waals surface area contributed by atoms with Gasteiger partial charge >= 0.3 is 0 Å². The predicted octanol–water partition coefficient (Wildman–Crippen LogP) is 6.94. The number of hydrogen-bond donors (Lipinski definition) is 1. The number of fused-ring (bicyclic) bond motifs is 1. The van der Waals surface area contributed by atoms with Crippen molar-refractivity contribution in [3.63, 3.8) is 0 Å². The lowest BCUT2D eigenvalue weighted by atomic mass is 9.62. The van der Waals surface area contributed by atoms with Crippen molar-refractivity contribution in [2.75, 3.05) is 47.5 Å². The number of methoxy groups -OCH3 is 3. The molecule has 2 aliphatic rings. The van der Waals surface area contributed by atoms with E-state index in [1.165, 1.54) is 21.3 Å². The SMILES string of the molecule is COc1cc(C(=O)N2CCC(C(C)N3CCC(C(N)=O)(c4ccc5ccccc5c4)C(c4ccc(Cl)c(Cl)c4)C3)C2)cc(OC)c1OC. The predicted molar refractivity (Wildman–Crippen MR) is 190 cm³/mol. The van der Waals surface area contributed by atoms with Gasteiger partial charge in [-0.15, -0.1) is 0 Å². The van der Waals surface area contributed by atoms with Crippen LogP contribution in [-0.2, 0) is 10.2 Å². The summed E-state index contributed by atoms with van der Waals surface area (Å²) in [5.41, 5.74) is 7.74. The summed E-state index contributed by atoms with van der Waals surface area (Å²) < 4.78 is 16.4. The molecule has 6 rings (SSSR count). The number of likely N-dealkylation sites (tertiary alicyclic amines) is 2. The molecule has 2 amide bonds. The highest BCUT2D eigenvalue weighted by Gasteiger charge is 2.51. The van der Waals surface area contributed by atoms with Gasteiger partial charge in [0.15, 0.2) is 11.5 Å². The van der Waals surface area contributed by atoms with E-state index < -0.39 is 5.41 Å². The van der Waals surface area contributed by atoms with E-state index in [2.05, 4.69) is 36.1 Å². The highest BCUT2D eigenvalue weighted by Crippen LogP contribution is 2.48. The van der Waals surface area contributed by atoms with E-state index in [0.29, 0.717) is 65.5 Å². The van der Waals surface area contributed by atoms with Crippen LogP contribution in [0.2, 0.25) is 10.0 Å². The molecule has 4 atom stereocenters. The number of primary amides is 1. The highest BCUT2D eigenvalue weighted by molar-refractivity contribution is 6.42. The highest BCUT2D eigenvalue weighted by atomic mass is 35.5. The van der Waals surface area contributed by atoms with Gasteiger partial charge in [-0.2, -0.15) is 0 Å². The molecule has 4 aromatic carbocycles. The van der Waals surface area contributed by atoms with Crippen molar-refractivity contribution < 1.29 is 23.8 Å². The molecule has 0 bridgehead atoms. The van der Waals surface area contributed by atoms with Crippen molar-refractivity contribution >= 4 is 45.8 Å². The van der Waals surface area contributed by atoms with E-state index in [1.54, 1.807) is 18.2 Å². The van der Waals surface area contributed by atoms with Gasteiger partial charge in [0.25, 0.3) is 5.91 Å². The average Bonchev–Trinajstić information content (AvgIpc) is 3.61. The van der Waals surface area contributed by atoms with Gasteiger partial charge in [-0.25, -0.2) is 0 Å². The van der Waals surface area contributed by atoms with Gasteiger partial charge in [0, 0.05) is 37.2 Å². The number of nitrogens with two attached hydrogens (primary N) is 1. The summed E-state index contributed by atoms with van der Waals surface area (Å²) in [5.74, 6) is 0.838. The van der Waals surface area contributed by atoms with Gasteiger partial charge in [-0.1, -0.05) is 71.7 Å². The third kappa shape index (κ3) is 6.06. The first-order valence-corrected chi connectivity index (χ1v) is 16.9. The summed E-state index contributed by atoms with van der Waals surface area (Å²) in [6.45, 7) is 4.72. The molecule has 2 heterocycles. The van der Waals surface area contributed by atoms with Crippen molar-refractivity contribution in [3.8, 4) is 17.2 Å². The summed E-state index contributed by atoms with van der Waals surface area (Å²) >= 11 is 12.9. The van der Waals surface area contributed by atoms with Crippen LogP contribution in [0, 0.1) is 5.92 Å². The molecule has 2 fully saturated rings. The zero-order valence-corrected chi connectivity index (χ0v) is 29.2. The Morgan fingerprint density at radius 3 is 2.21 bits per heavy atom. The van der Waals surface area contributed by atoms with Crippen LogP contribution >= 0.6 is 23.2 Å². The number of carbonyl (C=O) groups is 2. The maximum Gasteiger partial charge on any atom is 0.254 e. The van der Waals surface area contributed by atoms with Crippen LogP contribution in [0.25, 0.3) is 10.8 Å². The van der Waals surface area contributed by atoms with Crippen molar-refractivity contribution in [3.05, 3.63) is 99.5 Å². The number of carbonyl (C=O) groups excluding carboxylic acids is 2. The minimum absolute atomic E-state index is 0.0830. The second kappa shape index (κ2) is 13.9. The van der Waals surface area contributed by atoms with Crippen LogP contribution in [0.5, 0.6) is 17.2 Å². The molecule has 4 aromatic rings. The topological polar surface area (TPSA) is 94.3 Å². The maximum atomic E-state index is 13.7. The van der Waals surface area contributed by atoms with E-state index in [9.17, 15) is 9.59 Å². The zero-order valence-electron chi connectivity index (χ0n) is 27.7. The van der Waals surface area contributed by atoms with Crippen molar-refractivity contribution in [2.24, 2.45) is 11.7 Å². The summed E-state index contributed by atoms with van der Waals surface area (Å²) in [5, 5.41) is 3.06. The van der Waals surface area contributed by atoms with Crippen LogP contribution in [-0.4, -0.2) is 75.2 Å². The second-order valence-corrected chi connectivity index (χ2v) is 13.6. The molecule has 10 heteroatoms. The summed E-state index contributed by atoms with van der Waals surface area (Å²) in [6, 6.07) is 23.5. The Hall–Kier alpha value is -3.98. The van der Waals surface area contributed by atoms with Gasteiger partial charge in [0.1, 0.15) is 0 Å². The Morgan fingerprint density at radius 1 is 0.854 bits per heavy atom. The lowest BCUT2D eigenvalue weighted by molar-refractivity contribution is -0.126. The van der Waals surface area contributed by atoms with Crippen molar-refractivity contribution in [2.45, 2.75) is 37.1 Å². The molecule has 4 unspecified atom stereocenters. The van der Waals surface area contributed by atoms with Crippen LogP contribution in [0.1, 0.15) is 47.2 Å². The molecule has 252 valence electrons. The first-order chi connectivity index (χ1) is 23.1. The first-order valence-electron chi connectivity index (χ1n) is 16.2. The smallest absolute Gasteiger partial charge is 0.254 e. The molecule has 2 N–H and O–H groups in total. The summed E-state index contributed by atoms with van der Waals surface area (Å²) in [6.07, 6.45) is 1.40. The number of nitrogens with zero attached hydrogens (tertiary/aromatic N) is 2. The molecule has 8 nitrogen and oxygen atoms in total. The molecule has 2 aliphatic heterocycles. The normalized spacial score (nSPS) is 22.0. The van der Waals surface area contributed by atoms with Crippen LogP contribution in [0.15, 0.2) is 72.8 Å². The van der Waals surface area contributed by atoms with Gasteiger partial charge in [0.05, 0.1) is 36.8 Å². The molecule has 0 aliphatic carbocycles. The van der Waals surface area contributed by atoms with Crippen LogP contribution < -0.4 is 19.9 Å². The van der Waals surface area contributed by atoms with Gasteiger partial charge in [0.2, 0.25) is 11.7 Å². The number of benzene rings is 4. The van der Waals surface area contributed by atoms with Crippen molar-refractivity contribution in [1.29, 1.82) is 0 Å². The molecular weight excluding hydrogens is 649 g/mol. The van der Waals surface area contributed by atoms with Gasteiger partial charge < -0.3 is 24.8 Å². The standard InChI is InChI=1S/C38H41Cl2N3O5/c1-23(27-13-15-43(21-27)36(44)28-19-33(46-2)35(48-4)34(20-28)47-3)42-16-14-38(37(41)45,29-11-9-24-7-5-6-8-25(24)17-29)30(22-42)26-10-12-31(39)32(40)18-26/h5-12,17-20,23,27,30H,13-16,21-22H2,1-4H3,(H2,41,45). The molecule has 48 heavy (non-hydrogen) atoms. The minimum atomic E-state index is -0.957. The number of piperidine rings is 1. The quantitative estimate of drug-likeness (QED) is 0.205. The fourth-order valence-corrected chi connectivity index (χ4v) is 8.07. The lowest BCUT2D eigenvalue weighted by Gasteiger charge is -2.49. The Labute approximate surface area is 291 Å². The van der Waals surface area contributed by atoms with E-state index in [0.717, 1.165) is 28.3 Å². The molecular formula is C38H41Cl2N3O5. The monoisotopic (exact) mass is 689 g/mol. The number of amides is 2. The van der Waals surface area contributed by atoms with Gasteiger partial charge in [-0.3, -0.25) is 14.5 Å². The molecule has 0 spiro atoms. The number of halogens is 2. The average molecular weight is 691 g/mol. The van der Waals surface area contributed by atoms with Crippen LogP contribution in [0.3, 0.4) is 0 Å². The number of ether oxygens (including phenoxy) is 3. The largest absolute Gasteiger partial charge is 0.493 e. The van der Waals surface area contributed by atoms with E-state index in [1.807, 2.05) is 35.2 Å². The summed E-state index contributed by atoms with van der Waals surface area (Å²) in [7, 11) is 4.61. The Kier molecular flexibility index (Phi) is 9.79. The zero-order chi connectivity index (χ0) is 34.2. The number of rotatable bonds is 9. The first kappa shape index (κ1) is 33.9. The molecule has 2 saturated heterocycles. The van der Waals surface area contributed by atoms with E-state index >= 15 is 0 Å². The third-order valence-corrected chi connectivity index (χ3v) is 11.3. The molecule has 0 radical (unpaired) electrons. The Bertz CT molecular complexity index is 1830. The van der Waals surface area contributed by atoms with Crippen LogP contribution in [0.4, 0.5) is 0 Å². The fraction of sp³-hybridized carbons (Fsp3) is 0.368. The maximum absolute atomic E-state index is 13.7. The van der Waals surface area contributed by atoms with E-state index in [-0.39, 0.29) is 29.7 Å². The molecule has 0 saturated carbocycles. The van der Waals surface area contributed by atoms with Gasteiger partial charge in [-0.05, 0) is 78.4 Å².